The van der Waals surface area contributed by atoms with Crippen molar-refractivity contribution in [3.05, 3.63) is 29.9 Å². The monoisotopic (exact) mass is 316 g/mol. The smallest absolute Gasteiger partial charge is 0.225 e. The number of piperazine rings is 1. The molecule has 1 saturated heterocycles. The first-order chi connectivity index (χ1) is 10.6. The van der Waals surface area contributed by atoms with Crippen LogP contribution in [0.4, 0.5) is 5.13 Å². The van der Waals surface area contributed by atoms with Gasteiger partial charge in [-0.3, -0.25) is 9.78 Å². The van der Waals surface area contributed by atoms with Crippen molar-refractivity contribution < 1.29 is 4.79 Å². The van der Waals surface area contributed by atoms with Crippen molar-refractivity contribution in [3.8, 4) is 11.3 Å². The molecule has 0 unspecified atom stereocenters. The Morgan fingerprint density at radius 1 is 1.27 bits per heavy atom. The lowest BCUT2D eigenvalue weighted by atomic mass is 10.1. The van der Waals surface area contributed by atoms with E-state index in [9.17, 15) is 4.79 Å². The molecular formula is C16H20N4OS. The molecule has 0 aliphatic carbocycles. The van der Waals surface area contributed by atoms with Crippen LogP contribution in [0.15, 0.2) is 29.9 Å². The van der Waals surface area contributed by atoms with Gasteiger partial charge in [-0.25, -0.2) is 4.98 Å². The first-order valence-corrected chi connectivity index (χ1v) is 8.43. The van der Waals surface area contributed by atoms with Crippen LogP contribution in [0.5, 0.6) is 0 Å². The Bertz CT molecular complexity index is 633. The second-order valence-corrected chi connectivity index (χ2v) is 6.56. The third-order valence-electron chi connectivity index (χ3n) is 3.81. The molecule has 1 amide bonds. The highest BCUT2D eigenvalue weighted by atomic mass is 32.1. The number of aromatic nitrogens is 2. The van der Waals surface area contributed by atoms with Crippen LogP contribution in [-0.2, 0) is 4.79 Å². The van der Waals surface area contributed by atoms with Crippen LogP contribution >= 0.6 is 11.3 Å². The summed E-state index contributed by atoms with van der Waals surface area (Å²) in [5, 5.41) is 3.09. The van der Waals surface area contributed by atoms with Crippen molar-refractivity contribution in [3.63, 3.8) is 0 Å². The fourth-order valence-electron chi connectivity index (χ4n) is 2.54. The maximum Gasteiger partial charge on any atom is 0.225 e. The molecule has 1 aliphatic rings. The van der Waals surface area contributed by atoms with E-state index in [1.54, 1.807) is 17.5 Å². The van der Waals surface area contributed by atoms with Crippen LogP contribution in [0.1, 0.15) is 13.8 Å². The summed E-state index contributed by atoms with van der Waals surface area (Å²) in [6, 6.07) is 3.94. The van der Waals surface area contributed by atoms with Gasteiger partial charge in [0.2, 0.25) is 5.91 Å². The molecule has 3 heterocycles. The standard InChI is InChI=1S/C16H20N4OS/c1-12(2)15(21)19-6-8-20(9-7-19)16-18-14(11-22-16)13-4-3-5-17-10-13/h3-5,10-12H,6-9H2,1-2H3. The zero-order valence-corrected chi connectivity index (χ0v) is 13.7. The number of pyridine rings is 1. The Balaban J connectivity index is 1.65. The van der Waals surface area contributed by atoms with E-state index in [-0.39, 0.29) is 11.8 Å². The summed E-state index contributed by atoms with van der Waals surface area (Å²) < 4.78 is 0. The number of rotatable bonds is 3. The molecule has 2 aromatic rings. The molecule has 2 aromatic heterocycles. The molecule has 0 aromatic carbocycles. The van der Waals surface area contributed by atoms with E-state index in [0.717, 1.165) is 42.6 Å². The van der Waals surface area contributed by atoms with Crippen LogP contribution in [0.2, 0.25) is 0 Å². The highest BCUT2D eigenvalue weighted by molar-refractivity contribution is 7.14. The molecular weight excluding hydrogens is 296 g/mol. The summed E-state index contributed by atoms with van der Waals surface area (Å²) in [5.41, 5.74) is 2.01. The number of hydrogen-bond acceptors (Lipinski definition) is 5. The normalized spacial score (nSPS) is 15.4. The molecule has 0 atom stereocenters. The number of carbonyl (C=O) groups is 1. The summed E-state index contributed by atoms with van der Waals surface area (Å²) in [4.78, 5) is 25.1. The van der Waals surface area contributed by atoms with Gasteiger partial charge in [0.25, 0.3) is 0 Å². The van der Waals surface area contributed by atoms with Crippen molar-refractivity contribution in [2.24, 2.45) is 5.92 Å². The van der Waals surface area contributed by atoms with E-state index >= 15 is 0 Å². The molecule has 1 fully saturated rings. The van der Waals surface area contributed by atoms with E-state index in [1.807, 2.05) is 37.1 Å². The average Bonchev–Trinajstić information content (AvgIpc) is 3.05. The Labute approximate surface area is 134 Å². The van der Waals surface area contributed by atoms with Crippen molar-refractivity contribution in [1.82, 2.24) is 14.9 Å². The molecule has 0 saturated carbocycles. The Kier molecular flexibility index (Phi) is 4.38. The third kappa shape index (κ3) is 3.11. The number of anilines is 1. The lowest BCUT2D eigenvalue weighted by Crippen LogP contribution is -2.49. The predicted octanol–water partition coefficient (Wildman–Crippen LogP) is 2.51. The molecule has 5 nitrogen and oxygen atoms in total. The van der Waals surface area contributed by atoms with Crippen LogP contribution in [0, 0.1) is 5.92 Å². The highest BCUT2D eigenvalue weighted by Crippen LogP contribution is 2.27. The molecule has 22 heavy (non-hydrogen) atoms. The third-order valence-corrected chi connectivity index (χ3v) is 4.71. The first-order valence-electron chi connectivity index (χ1n) is 7.55. The van der Waals surface area contributed by atoms with E-state index in [0.29, 0.717) is 0 Å². The van der Waals surface area contributed by atoms with Gasteiger partial charge in [0.05, 0.1) is 5.69 Å². The number of carbonyl (C=O) groups excluding carboxylic acids is 1. The Hall–Kier alpha value is -1.95. The van der Waals surface area contributed by atoms with Gasteiger partial charge in [0, 0.05) is 55.4 Å². The van der Waals surface area contributed by atoms with Gasteiger partial charge in [-0.15, -0.1) is 11.3 Å². The van der Waals surface area contributed by atoms with Crippen LogP contribution in [-0.4, -0.2) is 47.0 Å². The van der Waals surface area contributed by atoms with Gasteiger partial charge in [-0.05, 0) is 12.1 Å². The summed E-state index contributed by atoms with van der Waals surface area (Å²) >= 11 is 1.65. The van der Waals surface area contributed by atoms with Gasteiger partial charge in [-0.2, -0.15) is 0 Å². The van der Waals surface area contributed by atoms with Crippen molar-refractivity contribution in [1.29, 1.82) is 0 Å². The fraction of sp³-hybridized carbons (Fsp3) is 0.438. The summed E-state index contributed by atoms with van der Waals surface area (Å²) in [5.74, 6) is 0.318. The van der Waals surface area contributed by atoms with E-state index < -0.39 is 0 Å². The molecule has 0 radical (unpaired) electrons. The van der Waals surface area contributed by atoms with Crippen LogP contribution < -0.4 is 4.90 Å². The fourth-order valence-corrected chi connectivity index (χ4v) is 3.43. The maximum atomic E-state index is 12.0. The zero-order valence-electron chi connectivity index (χ0n) is 12.9. The summed E-state index contributed by atoms with van der Waals surface area (Å²) in [6.45, 7) is 7.15. The lowest BCUT2D eigenvalue weighted by molar-refractivity contribution is -0.134. The molecule has 3 rings (SSSR count). The molecule has 1 aliphatic heterocycles. The molecule has 0 N–H and O–H groups in total. The number of thiazole rings is 1. The van der Waals surface area contributed by atoms with Gasteiger partial charge in [-0.1, -0.05) is 13.8 Å². The van der Waals surface area contributed by atoms with Crippen LogP contribution in [0.3, 0.4) is 0 Å². The summed E-state index contributed by atoms with van der Waals surface area (Å²) in [6.07, 6.45) is 3.60. The minimum absolute atomic E-state index is 0.0728. The van der Waals surface area contributed by atoms with Gasteiger partial charge < -0.3 is 9.80 Å². The second kappa shape index (κ2) is 6.44. The van der Waals surface area contributed by atoms with Gasteiger partial charge >= 0.3 is 0 Å². The number of amides is 1. The SMILES string of the molecule is CC(C)C(=O)N1CCN(c2nc(-c3cccnc3)cs2)CC1. The predicted molar refractivity (Wildman–Crippen MR) is 89.0 cm³/mol. The van der Waals surface area contributed by atoms with Gasteiger partial charge in [0.1, 0.15) is 0 Å². The van der Waals surface area contributed by atoms with E-state index in [2.05, 4.69) is 15.3 Å². The van der Waals surface area contributed by atoms with Gasteiger partial charge in [0.15, 0.2) is 5.13 Å². The quantitative estimate of drug-likeness (QED) is 0.873. The molecule has 6 heteroatoms. The van der Waals surface area contributed by atoms with Crippen molar-refractivity contribution >= 4 is 22.4 Å². The summed E-state index contributed by atoms with van der Waals surface area (Å²) in [7, 11) is 0. The largest absolute Gasteiger partial charge is 0.345 e. The van der Waals surface area contributed by atoms with Crippen LogP contribution in [0.25, 0.3) is 11.3 Å². The minimum Gasteiger partial charge on any atom is -0.345 e. The molecule has 0 bridgehead atoms. The number of nitrogens with zero attached hydrogens (tertiary/aromatic N) is 4. The van der Waals surface area contributed by atoms with Crippen molar-refractivity contribution in [2.45, 2.75) is 13.8 Å². The molecule has 0 spiro atoms. The number of hydrogen-bond donors (Lipinski definition) is 0. The average molecular weight is 316 g/mol. The maximum absolute atomic E-state index is 12.0. The minimum atomic E-state index is 0.0728. The first kappa shape index (κ1) is 15.0. The zero-order chi connectivity index (χ0) is 15.5. The molecule has 116 valence electrons. The second-order valence-electron chi connectivity index (χ2n) is 5.72. The highest BCUT2D eigenvalue weighted by Gasteiger charge is 2.24. The topological polar surface area (TPSA) is 49.3 Å². The van der Waals surface area contributed by atoms with Crippen molar-refractivity contribution in [2.75, 3.05) is 31.1 Å². The van der Waals surface area contributed by atoms with E-state index in [1.165, 1.54) is 0 Å². The van der Waals surface area contributed by atoms with E-state index in [4.69, 9.17) is 4.98 Å². The Morgan fingerprint density at radius 3 is 2.68 bits per heavy atom. The Morgan fingerprint density at radius 2 is 2.05 bits per heavy atom. The lowest BCUT2D eigenvalue weighted by Gasteiger charge is -2.35.